The van der Waals surface area contributed by atoms with Gasteiger partial charge in [0, 0.05) is 51.5 Å². The van der Waals surface area contributed by atoms with Gasteiger partial charge in [0.2, 0.25) is 0 Å². The van der Waals surface area contributed by atoms with Crippen LogP contribution in [0.25, 0.3) is 0 Å². The van der Waals surface area contributed by atoms with Crippen LogP contribution in [0.4, 0.5) is 17.1 Å². The standard InChI is InChI=1S/C20H26N4/c1-16-2-5-18(6-3-16)24-12-10-23(11-13-24)15-17-4-7-19-20(14-17)22-9-8-21-19/h2-7,14,21-22H,8-13,15H2,1H3. The van der Waals surface area contributed by atoms with Crippen molar-refractivity contribution in [1.29, 1.82) is 0 Å². The Morgan fingerprint density at radius 2 is 1.54 bits per heavy atom. The van der Waals surface area contributed by atoms with Crippen molar-refractivity contribution in [2.45, 2.75) is 13.5 Å². The second-order valence-electron chi connectivity index (χ2n) is 6.83. The maximum Gasteiger partial charge on any atom is 0.0579 e. The molecule has 1 fully saturated rings. The van der Waals surface area contributed by atoms with Crippen molar-refractivity contribution in [3.05, 3.63) is 53.6 Å². The van der Waals surface area contributed by atoms with E-state index in [1.165, 1.54) is 28.2 Å². The highest BCUT2D eigenvalue weighted by molar-refractivity contribution is 5.71. The summed E-state index contributed by atoms with van der Waals surface area (Å²) >= 11 is 0. The second kappa shape index (κ2) is 6.73. The minimum absolute atomic E-state index is 1.01. The highest BCUT2D eigenvalue weighted by Crippen LogP contribution is 2.26. The molecule has 2 aromatic rings. The maximum atomic E-state index is 3.48. The molecule has 0 unspecified atom stereocenters. The Bertz CT molecular complexity index is 687. The molecule has 1 saturated heterocycles. The summed E-state index contributed by atoms with van der Waals surface area (Å²) in [5.74, 6) is 0. The molecule has 2 aliphatic rings. The molecule has 2 aliphatic heterocycles. The summed E-state index contributed by atoms with van der Waals surface area (Å²) in [4.78, 5) is 5.05. The lowest BCUT2D eigenvalue weighted by Crippen LogP contribution is -2.45. The highest BCUT2D eigenvalue weighted by Gasteiger charge is 2.18. The molecule has 2 heterocycles. The Morgan fingerprint density at radius 3 is 2.29 bits per heavy atom. The van der Waals surface area contributed by atoms with Crippen molar-refractivity contribution in [3.8, 4) is 0 Å². The van der Waals surface area contributed by atoms with Crippen LogP contribution in [0, 0.1) is 6.92 Å². The zero-order chi connectivity index (χ0) is 16.4. The molecule has 0 aliphatic carbocycles. The van der Waals surface area contributed by atoms with E-state index < -0.39 is 0 Å². The average molecular weight is 322 g/mol. The summed E-state index contributed by atoms with van der Waals surface area (Å²) in [5, 5.41) is 6.92. The largest absolute Gasteiger partial charge is 0.382 e. The quantitative estimate of drug-likeness (QED) is 0.909. The van der Waals surface area contributed by atoms with E-state index in [9.17, 15) is 0 Å². The summed E-state index contributed by atoms with van der Waals surface area (Å²) in [7, 11) is 0. The lowest BCUT2D eigenvalue weighted by atomic mass is 10.1. The van der Waals surface area contributed by atoms with E-state index in [1.807, 2.05) is 0 Å². The number of rotatable bonds is 3. The van der Waals surface area contributed by atoms with Crippen molar-refractivity contribution in [2.24, 2.45) is 0 Å². The van der Waals surface area contributed by atoms with Gasteiger partial charge in [-0.3, -0.25) is 4.90 Å². The third kappa shape index (κ3) is 3.34. The van der Waals surface area contributed by atoms with Gasteiger partial charge >= 0.3 is 0 Å². The number of hydrogen-bond acceptors (Lipinski definition) is 4. The van der Waals surface area contributed by atoms with Gasteiger partial charge in [-0.15, -0.1) is 0 Å². The normalized spacial score (nSPS) is 17.8. The second-order valence-corrected chi connectivity index (χ2v) is 6.83. The topological polar surface area (TPSA) is 30.5 Å². The molecule has 0 aromatic heterocycles. The molecule has 0 radical (unpaired) electrons. The van der Waals surface area contributed by atoms with E-state index in [2.05, 4.69) is 69.8 Å². The molecule has 0 saturated carbocycles. The van der Waals surface area contributed by atoms with E-state index in [1.54, 1.807) is 0 Å². The van der Waals surface area contributed by atoms with Crippen molar-refractivity contribution < 1.29 is 0 Å². The Labute approximate surface area is 144 Å². The summed E-state index contributed by atoms with van der Waals surface area (Å²) in [6.45, 7) is 9.65. The zero-order valence-corrected chi connectivity index (χ0v) is 14.4. The van der Waals surface area contributed by atoms with Gasteiger partial charge < -0.3 is 15.5 Å². The minimum atomic E-state index is 1.01. The molecule has 0 spiro atoms. The highest BCUT2D eigenvalue weighted by atomic mass is 15.3. The molecule has 0 bridgehead atoms. The van der Waals surface area contributed by atoms with E-state index in [0.717, 1.165) is 45.8 Å². The molecular formula is C20H26N4. The van der Waals surface area contributed by atoms with Gasteiger partial charge in [0.15, 0.2) is 0 Å². The molecule has 0 amide bonds. The summed E-state index contributed by atoms with van der Waals surface area (Å²) in [6, 6.07) is 15.7. The lowest BCUT2D eigenvalue weighted by Gasteiger charge is -2.36. The Morgan fingerprint density at radius 1 is 0.833 bits per heavy atom. The number of anilines is 3. The van der Waals surface area contributed by atoms with Crippen LogP contribution in [0.2, 0.25) is 0 Å². The number of nitrogens with zero attached hydrogens (tertiary/aromatic N) is 2. The van der Waals surface area contributed by atoms with Crippen LogP contribution in [0.5, 0.6) is 0 Å². The first-order chi connectivity index (χ1) is 11.8. The molecule has 2 aromatic carbocycles. The van der Waals surface area contributed by atoms with E-state index in [-0.39, 0.29) is 0 Å². The molecule has 24 heavy (non-hydrogen) atoms. The van der Waals surface area contributed by atoms with Crippen LogP contribution in [0.3, 0.4) is 0 Å². The monoisotopic (exact) mass is 322 g/mol. The molecule has 2 N–H and O–H groups in total. The van der Waals surface area contributed by atoms with Crippen molar-refractivity contribution in [2.75, 3.05) is 54.8 Å². The van der Waals surface area contributed by atoms with Gasteiger partial charge in [0.05, 0.1) is 11.4 Å². The van der Waals surface area contributed by atoms with Crippen LogP contribution < -0.4 is 15.5 Å². The number of fused-ring (bicyclic) bond motifs is 1. The Balaban J connectivity index is 1.35. The van der Waals surface area contributed by atoms with Crippen molar-refractivity contribution >= 4 is 17.1 Å². The fourth-order valence-electron chi connectivity index (χ4n) is 3.56. The van der Waals surface area contributed by atoms with Gasteiger partial charge in [-0.25, -0.2) is 0 Å². The summed E-state index contributed by atoms with van der Waals surface area (Å²) < 4.78 is 0. The molecule has 4 heteroatoms. The fraction of sp³-hybridized carbons (Fsp3) is 0.400. The minimum Gasteiger partial charge on any atom is -0.382 e. The van der Waals surface area contributed by atoms with E-state index in [0.29, 0.717) is 0 Å². The maximum absolute atomic E-state index is 3.48. The van der Waals surface area contributed by atoms with Crippen LogP contribution in [-0.4, -0.2) is 44.2 Å². The predicted molar refractivity (Wildman–Crippen MR) is 102 cm³/mol. The molecule has 4 rings (SSSR count). The molecular weight excluding hydrogens is 296 g/mol. The van der Waals surface area contributed by atoms with Crippen molar-refractivity contribution in [1.82, 2.24) is 4.90 Å². The number of benzene rings is 2. The Hall–Kier alpha value is -2.20. The van der Waals surface area contributed by atoms with Gasteiger partial charge in [0.1, 0.15) is 0 Å². The van der Waals surface area contributed by atoms with Gasteiger partial charge in [-0.1, -0.05) is 23.8 Å². The van der Waals surface area contributed by atoms with Crippen LogP contribution >= 0.6 is 0 Å². The van der Waals surface area contributed by atoms with Crippen LogP contribution in [0.1, 0.15) is 11.1 Å². The van der Waals surface area contributed by atoms with E-state index >= 15 is 0 Å². The summed E-state index contributed by atoms with van der Waals surface area (Å²) in [5.41, 5.74) is 6.55. The molecule has 0 atom stereocenters. The number of hydrogen-bond donors (Lipinski definition) is 2. The molecule has 126 valence electrons. The fourth-order valence-corrected chi connectivity index (χ4v) is 3.56. The predicted octanol–water partition coefficient (Wildman–Crippen LogP) is 3.15. The third-order valence-electron chi connectivity index (χ3n) is 5.02. The SMILES string of the molecule is Cc1ccc(N2CCN(Cc3ccc4c(c3)NCCN4)CC2)cc1. The van der Waals surface area contributed by atoms with Gasteiger partial charge in [-0.05, 0) is 36.8 Å². The number of piperazine rings is 1. The first-order valence-electron chi connectivity index (χ1n) is 8.92. The number of nitrogens with one attached hydrogen (secondary N) is 2. The Kier molecular flexibility index (Phi) is 4.30. The average Bonchev–Trinajstić information content (AvgIpc) is 2.63. The first-order valence-corrected chi connectivity index (χ1v) is 8.92. The third-order valence-corrected chi connectivity index (χ3v) is 5.02. The van der Waals surface area contributed by atoms with Crippen molar-refractivity contribution in [3.63, 3.8) is 0 Å². The van der Waals surface area contributed by atoms with E-state index in [4.69, 9.17) is 0 Å². The van der Waals surface area contributed by atoms with Crippen LogP contribution in [0.15, 0.2) is 42.5 Å². The van der Waals surface area contributed by atoms with Gasteiger partial charge in [-0.2, -0.15) is 0 Å². The first kappa shape index (κ1) is 15.3. The summed E-state index contributed by atoms with van der Waals surface area (Å²) in [6.07, 6.45) is 0. The van der Waals surface area contributed by atoms with Gasteiger partial charge in [0.25, 0.3) is 0 Å². The van der Waals surface area contributed by atoms with Crippen LogP contribution in [-0.2, 0) is 6.54 Å². The smallest absolute Gasteiger partial charge is 0.0579 e. The zero-order valence-electron chi connectivity index (χ0n) is 14.4. The number of aryl methyl sites for hydroxylation is 1. The molecule has 4 nitrogen and oxygen atoms in total. The lowest BCUT2D eigenvalue weighted by molar-refractivity contribution is 0.250.